The molecule has 1 aliphatic rings. The maximum atomic E-state index is 13.7. The number of thiophene rings is 1. The van der Waals surface area contributed by atoms with Crippen LogP contribution in [0.4, 0.5) is 0 Å². The van der Waals surface area contributed by atoms with Crippen LogP contribution >= 0.6 is 11.3 Å². The topological polar surface area (TPSA) is 63.6 Å². The van der Waals surface area contributed by atoms with Crippen molar-refractivity contribution in [1.29, 1.82) is 0 Å². The molecule has 5 rings (SSSR count). The predicted octanol–water partition coefficient (Wildman–Crippen LogP) is 4.49. The number of hydrogen-bond donors (Lipinski definition) is 1. The highest BCUT2D eigenvalue weighted by Gasteiger charge is 2.47. The number of amides is 2. The second-order valence-electron chi connectivity index (χ2n) is 8.73. The molecule has 34 heavy (non-hydrogen) atoms. The molecule has 1 N–H and O–H groups in total. The Kier molecular flexibility index (Phi) is 5.87. The van der Waals surface area contributed by atoms with Crippen LogP contribution in [0.3, 0.4) is 0 Å². The molecule has 0 spiro atoms. The Hall–Kier alpha value is -3.58. The molecule has 0 fully saturated rings. The third-order valence-corrected chi connectivity index (χ3v) is 7.56. The van der Waals surface area contributed by atoms with Crippen molar-refractivity contribution in [3.05, 3.63) is 88.2 Å². The van der Waals surface area contributed by atoms with Crippen molar-refractivity contribution in [2.45, 2.75) is 32.0 Å². The molecular formula is C27H27N3O3S. The number of ether oxygens (including phenoxy) is 1. The third kappa shape index (κ3) is 3.86. The highest BCUT2D eigenvalue weighted by atomic mass is 32.1. The summed E-state index contributed by atoms with van der Waals surface area (Å²) in [4.78, 5) is 30.4. The lowest BCUT2D eigenvalue weighted by molar-refractivity contribution is -0.133. The first-order valence-electron chi connectivity index (χ1n) is 11.3. The molecule has 7 heteroatoms. The number of rotatable bonds is 7. The molecule has 0 radical (unpaired) electrons. The number of aromatic nitrogens is 1. The van der Waals surface area contributed by atoms with E-state index in [0.29, 0.717) is 31.7 Å². The fraction of sp³-hybridized carbons (Fsp3) is 0.259. The van der Waals surface area contributed by atoms with Gasteiger partial charge in [0, 0.05) is 34.4 Å². The van der Waals surface area contributed by atoms with E-state index in [2.05, 4.69) is 11.4 Å². The van der Waals surface area contributed by atoms with Crippen molar-refractivity contribution >= 4 is 34.1 Å². The first-order chi connectivity index (χ1) is 16.5. The number of benzene rings is 2. The number of nitrogens with one attached hydrogen (secondary N) is 1. The number of fused-ring (bicyclic) bond motifs is 3. The van der Waals surface area contributed by atoms with Crippen molar-refractivity contribution in [2.24, 2.45) is 0 Å². The average molecular weight is 474 g/mol. The number of carbonyl (C=O) groups excluding carboxylic acids is 2. The van der Waals surface area contributed by atoms with Gasteiger partial charge in [-0.15, -0.1) is 11.3 Å². The van der Waals surface area contributed by atoms with Gasteiger partial charge in [0.15, 0.2) is 0 Å². The Labute approximate surface area is 202 Å². The van der Waals surface area contributed by atoms with E-state index in [4.69, 9.17) is 4.74 Å². The highest BCUT2D eigenvalue weighted by molar-refractivity contribution is 7.09. The van der Waals surface area contributed by atoms with E-state index in [1.54, 1.807) is 23.3 Å². The van der Waals surface area contributed by atoms with E-state index in [-0.39, 0.29) is 11.8 Å². The second kappa shape index (κ2) is 8.99. The Morgan fingerprint density at radius 2 is 1.91 bits per heavy atom. The van der Waals surface area contributed by atoms with Crippen LogP contribution in [0.15, 0.2) is 72.1 Å². The van der Waals surface area contributed by atoms with Gasteiger partial charge in [0.1, 0.15) is 17.0 Å². The lowest BCUT2D eigenvalue weighted by Gasteiger charge is -2.44. The zero-order valence-electron chi connectivity index (χ0n) is 19.3. The molecule has 2 aromatic heterocycles. The molecule has 2 aromatic carbocycles. The van der Waals surface area contributed by atoms with Crippen LogP contribution in [-0.4, -0.2) is 40.5 Å². The van der Waals surface area contributed by atoms with Gasteiger partial charge < -0.3 is 19.5 Å². The summed E-state index contributed by atoms with van der Waals surface area (Å²) in [7, 11) is 1.62. The molecule has 174 valence electrons. The van der Waals surface area contributed by atoms with Crippen LogP contribution in [0.5, 0.6) is 5.75 Å². The van der Waals surface area contributed by atoms with Crippen LogP contribution in [0, 0.1) is 0 Å². The third-order valence-electron chi connectivity index (χ3n) is 6.62. The Balaban J connectivity index is 1.48. The first kappa shape index (κ1) is 22.2. The first-order valence-corrected chi connectivity index (χ1v) is 12.2. The van der Waals surface area contributed by atoms with Crippen LogP contribution in [0.25, 0.3) is 10.9 Å². The quantitative estimate of drug-likeness (QED) is 0.430. The summed E-state index contributed by atoms with van der Waals surface area (Å²) in [5.41, 5.74) is 1.45. The molecule has 1 unspecified atom stereocenters. The fourth-order valence-electron chi connectivity index (χ4n) is 4.75. The van der Waals surface area contributed by atoms with E-state index in [1.807, 2.05) is 77.5 Å². The van der Waals surface area contributed by atoms with Gasteiger partial charge in [-0.05, 0) is 43.0 Å². The maximum absolute atomic E-state index is 13.7. The van der Waals surface area contributed by atoms with Gasteiger partial charge in [0.05, 0.1) is 13.7 Å². The van der Waals surface area contributed by atoms with Gasteiger partial charge in [-0.2, -0.15) is 0 Å². The minimum absolute atomic E-state index is 0.117. The number of carbonyl (C=O) groups is 2. The molecule has 1 atom stereocenters. The Morgan fingerprint density at radius 1 is 1.12 bits per heavy atom. The number of nitrogens with zero attached hydrogens (tertiary/aromatic N) is 2. The summed E-state index contributed by atoms with van der Waals surface area (Å²) in [5, 5.41) is 6.11. The number of hydrogen-bond acceptors (Lipinski definition) is 4. The summed E-state index contributed by atoms with van der Waals surface area (Å²) in [6.07, 6.45) is 0.707. The molecular weight excluding hydrogens is 446 g/mol. The van der Waals surface area contributed by atoms with E-state index in [1.165, 1.54) is 4.88 Å². The van der Waals surface area contributed by atoms with Gasteiger partial charge in [0.25, 0.3) is 5.91 Å². The van der Waals surface area contributed by atoms with Crippen LogP contribution < -0.4 is 10.1 Å². The van der Waals surface area contributed by atoms with E-state index >= 15 is 0 Å². The summed E-state index contributed by atoms with van der Waals surface area (Å²) in [6.45, 7) is 3.06. The van der Waals surface area contributed by atoms with E-state index in [9.17, 15) is 9.59 Å². The Morgan fingerprint density at radius 3 is 2.71 bits per heavy atom. The molecule has 0 saturated carbocycles. The molecule has 3 heterocycles. The van der Waals surface area contributed by atoms with Crippen molar-refractivity contribution in [3.63, 3.8) is 0 Å². The van der Waals surface area contributed by atoms with E-state index in [0.717, 1.165) is 22.2 Å². The fourth-order valence-corrected chi connectivity index (χ4v) is 5.45. The van der Waals surface area contributed by atoms with Crippen molar-refractivity contribution in [2.75, 3.05) is 13.7 Å². The van der Waals surface area contributed by atoms with Crippen molar-refractivity contribution < 1.29 is 14.3 Å². The van der Waals surface area contributed by atoms with Crippen LogP contribution in [0.1, 0.15) is 27.9 Å². The molecule has 0 aliphatic carbocycles. The lowest BCUT2D eigenvalue weighted by atomic mass is 9.94. The molecule has 0 saturated heterocycles. The summed E-state index contributed by atoms with van der Waals surface area (Å²) >= 11 is 1.66. The van der Waals surface area contributed by atoms with Crippen molar-refractivity contribution in [1.82, 2.24) is 14.8 Å². The summed E-state index contributed by atoms with van der Waals surface area (Å²) in [5.74, 6) is 0.427. The molecule has 2 amide bonds. The largest absolute Gasteiger partial charge is 0.496 e. The predicted molar refractivity (Wildman–Crippen MR) is 134 cm³/mol. The second-order valence-corrected chi connectivity index (χ2v) is 9.76. The molecule has 1 aliphatic heterocycles. The van der Waals surface area contributed by atoms with Gasteiger partial charge in [-0.3, -0.25) is 9.59 Å². The minimum atomic E-state index is -1.04. The molecule has 0 bridgehead atoms. The summed E-state index contributed by atoms with van der Waals surface area (Å²) < 4.78 is 7.42. The zero-order chi connectivity index (χ0) is 23.7. The number of methoxy groups -OCH3 is 1. The summed E-state index contributed by atoms with van der Waals surface area (Å²) in [6, 6.07) is 21.6. The van der Waals surface area contributed by atoms with Gasteiger partial charge in [-0.1, -0.05) is 42.5 Å². The van der Waals surface area contributed by atoms with Crippen molar-refractivity contribution in [3.8, 4) is 5.75 Å². The van der Waals surface area contributed by atoms with Crippen LogP contribution in [0.2, 0.25) is 0 Å². The Bertz CT molecular complexity index is 1340. The monoisotopic (exact) mass is 473 g/mol. The lowest BCUT2D eigenvalue weighted by Crippen LogP contribution is -2.64. The number of para-hydroxylation sites is 2. The van der Waals surface area contributed by atoms with Gasteiger partial charge in [-0.25, -0.2) is 0 Å². The molecule has 6 nitrogen and oxygen atoms in total. The highest BCUT2D eigenvalue weighted by Crippen LogP contribution is 2.33. The SMILES string of the molecule is COc1ccccc1CNC(=O)C1(C)Cn2c(cc3ccccc32)C(=O)N1CCc1cccs1. The standard InChI is InChI=1S/C27H27N3O3S/c1-27(26(32)28-17-20-9-4-6-12-24(20)33-2)18-29-22-11-5-3-8-19(22)16-23(29)25(31)30(27)14-13-21-10-7-15-34-21/h3-12,15-16H,13-14,17-18H2,1-2H3,(H,28,32). The normalized spacial score (nSPS) is 17.6. The van der Waals surface area contributed by atoms with E-state index < -0.39 is 5.54 Å². The molecule has 4 aromatic rings. The smallest absolute Gasteiger partial charge is 0.271 e. The zero-order valence-corrected chi connectivity index (χ0v) is 20.1. The van der Waals surface area contributed by atoms with Gasteiger partial charge in [0.2, 0.25) is 5.91 Å². The van der Waals surface area contributed by atoms with Gasteiger partial charge >= 0.3 is 0 Å². The average Bonchev–Trinajstić information content (AvgIpc) is 3.50. The maximum Gasteiger partial charge on any atom is 0.271 e. The minimum Gasteiger partial charge on any atom is -0.496 e. The van der Waals surface area contributed by atoms with Crippen LogP contribution in [-0.2, 0) is 24.3 Å².